The molecule has 7 fully saturated rings. The number of hydrogen-bond donors (Lipinski definition) is 3. The second-order valence-corrected chi connectivity index (χ2v) is 12.2. The Labute approximate surface area is 199 Å². The van der Waals surface area contributed by atoms with Crippen LogP contribution in [0, 0.1) is 39.9 Å². The van der Waals surface area contributed by atoms with Crippen LogP contribution < -0.4 is 5.32 Å². The summed E-state index contributed by atoms with van der Waals surface area (Å²) in [5.74, 6) is -4.93. The Morgan fingerprint density at radius 3 is 2.59 bits per heavy atom. The summed E-state index contributed by atoms with van der Waals surface area (Å²) in [4.78, 5) is 41.0. The van der Waals surface area contributed by atoms with Gasteiger partial charge in [0.25, 0.3) is 0 Å². The van der Waals surface area contributed by atoms with E-state index < -0.39 is 57.8 Å². The van der Waals surface area contributed by atoms with Crippen molar-refractivity contribution in [3.05, 3.63) is 12.2 Å². The topological polar surface area (TPSA) is 122 Å². The first-order valence-electron chi connectivity index (χ1n) is 12.8. The number of aliphatic hydroxyl groups excluding tert-OH is 1. The Morgan fingerprint density at radius 2 is 1.88 bits per heavy atom. The van der Waals surface area contributed by atoms with E-state index in [1.807, 2.05) is 13.8 Å². The fraction of sp³-hybridized carbons (Fsp3) is 0.808. The summed E-state index contributed by atoms with van der Waals surface area (Å²) in [5, 5.41) is 27.1. The van der Waals surface area contributed by atoms with Gasteiger partial charge in [0.15, 0.2) is 5.78 Å². The van der Waals surface area contributed by atoms with Crippen LogP contribution >= 0.6 is 0 Å². The van der Waals surface area contributed by atoms with Crippen molar-refractivity contribution in [2.75, 3.05) is 19.7 Å². The normalized spacial score (nSPS) is 49.5. The van der Waals surface area contributed by atoms with Gasteiger partial charge in [-0.05, 0) is 62.1 Å². The third-order valence-electron chi connectivity index (χ3n) is 10.5. The zero-order valence-electron chi connectivity index (χ0n) is 20.0. The maximum Gasteiger partial charge on any atom is 0.309 e. The van der Waals surface area contributed by atoms with Crippen LogP contribution in [0.2, 0.25) is 0 Å². The van der Waals surface area contributed by atoms with Gasteiger partial charge in [0.1, 0.15) is 23.4 Å². The third-order valence-corrected chi connectivity index (χ3v) is 10.5. The average molecular weight is 474 g/mol. The smallest absolute Gasteiger partial charge is 0.309 e. The number of nitrogens with one attached hydrogen (secondary N) is 1. The molecule has 8 heteroatoms. The van der Waals surface area contributed by atoms with Gasteiger partial charge in [-0.2, -0.15) is 0 Å². The van der Waals surface area contributed by atoms with Gasteiger partial charge in [-0.3, -0.25) is 14.4 Å². The van der Waals surface area contributed by atoms with Crippen LogP contribution in [0.4, 0.5) is 0 Å². The molecule has 4 bridgehead atoms. The first-order chi connectivity index (χ1) is 16.0. The van der Waals surface area contributed by atoms with Crippen molar-refractivity contribution in [2.45, 2.75) is 70.4 Å². The SMILES string of the molecule is C=C1C(=O)[C@]23[C@H](OC(=O)C4CCNCC4)[C@H]1CC[C@H]2[C@@]12COC3(O)[C@@H](O)[C@@H]1C(C)(C)CCC2=O. The van der Waals surface area contributed by atoms with Crippen molar-refractivity contribution in [1.82, 2.24) is 5.32 Å². The molecule has 2 spiro atoms. The molecule has 8 nitrogen and oxygen atoms in total. The monoisotopic (exact) mass is 473 g/mol. The lowest BCUT2D eigenvalue weighted by Gasteiger charge is -2.73. The molecule has 0 aromatic heterocycles. The molecule has 3 saturated heterocycles. The van der Waals surface area contributed by atoms with E-state index in [4.69, 9.17) is 9.47 Å². The Hall–Kier alpha value is -1.61. The highest BCUT2D eigenvalue weighted by Gasteiger charge is 2.88. The molecule has 0 aromatic carbocycles. The van der Waals surface area contributed by atoms with Gasteiger partial charge in [-0.1, -0.05) is 20.4 Å². The molecule has 7 aliphatic rings. The van der Waals surface area contributed by atoms with Crippen LogP contribution in [0.5, 0.6) is 0 Å². The lowest BCUT2D eigenvalue weighted by molar-refractivity contribution is -0.437. The van der Waals surface area contributed by atoms with E-state index in [1.165, 1.54) is 0 Å². The van der Waals surface area contributed by atoms with Gasteiger partial charge >= 0.3 is 5.97 Å². The van der Waals surface area contributed by atoms with Crippen LogP contribution in [0.25, 0.3) is 0 Å². The van der Waals surface area contributed by atoms with Crippen LogP contribution in [-0.4, -0.2) is 65.4 Å². The molecule has 8 atom stereocenters. The predicted octanol–water partition coefficient (Wildman–Crippen LogP) is 1.13. The highest BCUT2D eigenvalue weighted by molar-refractivity contribution is 6.06. The Morgan fingerprint density at radius 1 is 1.18 bits per heavy atom. The molecule has 0 amide bonds. The zero-order valence-corrected chi connectivity index (χ0v) is 20.0. The van der Waals surface area contributed by atoms with Crippen molar-refractivity contribution in [1.29, 1.82) is 0 Å². The highest BCUT2D eigenvalue weighted by Crippen LogP contribution is 2.76. The molecule has 4 aliphatic carbocycles. The number of Topliss-reactive ketones (excluding diaryl/α,β-unsaturated/α-hetero) is 2. The Bertz CT molecular complexity index is 986. The second kappa shape index (κ2) is 6.99. The molecular formula is C26H35NO7. The van der Waals surface area contributed by atoms with Crippen molar-refractivity contribution in [2.24, 2.45) is 39.9 Å². The number of carbonyl (C=O) groups excluding carboxylic acids is 3. The van der Waals surface area contributed by atoms with Crippen molar-refractivity contribution >= 4 is 17.5 Å². The molecule has 3 aliphatic heterocycles. The zero-order chi connectivity index (χ0) is 24.3. The second-order valence-electron chi connectivity index (χ2n) is 12.2. The fourth-order valence-corrected chi connectivity index (χ4v) is 9.04. The number of piperidine rings is 1. The third kappa shape index (κ3) is 2.36. The number of rotatable bonds is 2. The van der Waals surface area contributed by atoms with Gasteiger partial charge in [0.2, 0.25) is 5.79 Å². The summed E-state index contributed by atoms with van der Waals surface area (Å²) >= 11 is 0. The van der Waals surface area contributed by atoms with Crippen molar-refractivity contribution < 1.29 is 34.1 Å². The van der Waals surface area contributed by atoms with Gasteiger partial charge in [0, 0.05) is 18.3 Å². The Kier molecular flexibility index (Phi) is 4.69. The van der Waals surface area contributed by atoms with Crippen LogP contribution in [-0.2, 0) is 23.9 Å². The maximum absolute atomic E-state index is 14.0. The number of ether oxygens (including phenoxy) is 2. The maximum atomic E-state index is 14.0. The van der Waals surface area contributed by atoms with Crippen molar-refractivity contribution in [3.8, 4) is 0 Å². The number of fused-ring (bicyclic) bond motifs is 2. The van der Waals surface area contributed by atoms with Crippen LogP contribution in [0.1, 0.15) is 52.4 Å². The number of aliphatic hydroxyl groups is 2. The quantitative estimate of drug-likeness (QED) is 0.403. The van der Waals surface area contributed by atoms with Gasteiger partial charge in [-0.25, -0.2) is 0 Å². The van der Waals surface area contributed by atoms with Gasteiger partial charge in [-0.15, -0.1) is 0 Å². The minimum Gasteiger partial charge on any atom is -0.460 e. The summed E-state index contributed by atoms with van der Waals surface area (Å²) in [6, 6.07) is 0. The fourth-order valence-electron chi connectivity index (χ4n) is 9.04. The first kappa shape index (κ1) is 22.8. The van der Waals surface area contributed by atoms with Gasteiger partial charge < -0.3 is 25.0 Å². The van der Waals surface area contributed by atoms with E-state index in [2.05, 4.69) is 11.9 Å². The molecular weight excluding hydrogens is 438 g/mol. The molecule has 4 saturated carbocycles. The van der Waals surface area contributed by atoms with E-state index in [1.54, 1.807) is 0 Å². The molecule has 0 aromatic rings. The molecule has 186 valence electrons. The van der Waals surface area contributed by atoms with E-state index in [9.17, 15) is 24.6 Å². The minimum atomic E-state index is -2.24. The number of ketones is 2. The summed E-state index contributed by atoms with van der Waals surface area (Å²) in [7, 11) is 0. The van der Waals surface area contributed by atoms with E-state index in [0.29, 0.717) is 57.2 Å². The standard InChI is InChI=1S/C26H35NO7/c1-13-15-4-5-16-24-12-33-26(32,20(30)18(24)23(2,3)9-6-17(24)28)25(16,19(13)29)21(15)34-22(31)14-7-10-27-11-8-14/h14-16,18,20-21,27,30,32H,1,4-12H2,2-3H3/t15-,16-,18+,20-,21+,24+,25-,26?/m0/s1. The number of hydrogen-bond acceptors (Lipinski definition) is 8. The van der Waals surface area contributed by atoms with E-state index in [-0.39, 0.29) is 24.3 Å². The molecule has 3 N–H and O–H groups in total. The minimum absolute atomic E-state index is 0.0193. The molecule has 34 heavy (non-hydrogen) atoms. The number of esters is 1. The highest BCUT2D eigenvalue weighted by atomic mass is 16.6. The van der Waals surface area contributed by atoms with E-state index in [0.717, 1.165) is 0 Å². The molecule has 1 unspecified atom stereocenters. The molecule has 3 heterocycles. The Balaban J connectivity index is 1.51. The van der Waals surface area contributed by atoms with Gasteiger partial charge in [0.05, 0.1) is 17.9 Å². The molecule has 0 radical (unpaired) electrons. The summed E-state index contributed by atoms with van der Waals surface area (Å²) < 4.78 is 12.1. The summed E-state index contributed by atoms with van der Waals surface area (Å²) in [6.45, 7) is 9.47. The van der Waals surface area contributed by atoms with Crippen LogP contribution in [0.15, 0.2) is 12.2 Å². The summed E-state index contributed by atoms with van der Waals surface area (Å²) in [6.07, 6.45) is 0.844. The summed E-state index contributed by atoms with van der Waals surface area (Å²) in [5.41, 5.74) is -2.94. The lowest BCUT2D eigenvalue weighted by atomic mass is 9.36. The predicted molar refractivity (Wildman–Crippen MR) is 119 cm³/mol. The number of carbonyl (C=O) groups is 3. The van der Waals surface area contributed by atoms with E-state index >= 15 is 0 Å². The molecule has 7 rings (SSSR count). The van der Waals surface area contributed by atoms with Crippen LogP contribution in [0.3, 0.4) is 0 Å². The average Bonchev–Trinajstić information content (AvgIpc) is 2.93. The lowest BCUT2D eigenvalue weighted by Crippen LogP contribution is -2.85. The van der Waals surface area contributed by atoms with Crippen molar-refractivity contribution in [3.63, 3.8) is 0 Å². The first-order valence-corrected chi connectivity index (χ1v) is 12.8. The largest absolute Gasteiger partial charge is 0.460 e.